The van der Waals surface area contributed by atoms with Gasteiger partial charge in [0.2, 0.25) is 11.8 Å². The van der Waals surface area contributed by atoms with Crippen LogP contribution in [0, 0.1) is 0 Å². The molecule has 0 aliphatic carbocycles. The van der Waals surface area contributed by atoms with Crippen LogP contribution in [0.5, 0.6) is 0 Å². The summed E-state index contributed by atoms with van der Waals surface area (Å²) in [4.78, 5) is 31.9. The van der Waals surface area contributed by atoms with E-state index in [1.807, 2.05) is 72.8 Å². The molecule has 3 aromatic rings. The third-order valence-electron chi connectivity index (χ3n) is 4.92. The van der Waals surface area contributed by atoms with Crippen LogP contribution in [0.2, 0.25) is 0 Å². The molecule has 3 aromatic carbocycles. The largest absolute Gasteiger partial charge is 0.383 e. The highest BCUT2D eigenvalue weighted by Crippen LogP contribution is 2.32. The second-order valence-corrected chi connectivity index (χ2v) is 8.30. The van der Waals surface area contributed by atoms with Crippen LogP contribution in [0.1, 0.15) is 6.42 Å². The first-order valence-electron chi connectivity index (χ1n) is 10.0. The molecule has 1 aliphatic heterocycles. The van der Waals surface area contributed by atoms with Gasteiger partial charge in [-0.25, -0.2) is 4.99 Å². The number of benzene rings is 3. The molecule has 6 nitrogen and oxygen atoms in total. The number of nitrogens with one attached hydrogen (secondary N) is 1. The van der Waals surface area contributed by atoms with Crippen molar-refractivity contribution in [2.24, 2.45) is 4.99 Å². The third-order valence-corrected chi connectivity index (χ3v) is 6.10. The Hall–Kier alpha value is -3.16. The van der Waals surface area contributed by atoms with Crippen LogP contribution >= 0.6 is 11.8 Å². The van der Waals surface area contributed by atoms with E-state index in [0.717, 1.165) is 16.5 Å². The number of para-hydroxylation sites is 1. The molecule has 31 heavy (non-hydrogen) atoms. The van der Waals surface area contributed by atoms with Gasteiger partial charge >= 0.3 is 0 Å². The molecule has 1 heterocycles. The number of hydrogen-bond acceptors (Lipinski definition) is 5. The predicted molar refractivity (Wildman–Crippen MR) is 126 cm³/mol. The number of anilines is 1. The van der Waals surface area contributed by atoms with Crippen molar-refractivity contribution in [2.75, 3.05) is 25.6 Å². The summed E-state index contributed by atoms with van der Waals surface area (Å²) in [6.07, 6.45) is 0.0770. The Balaban J connectivity index is 1.47. The fraction of sp³-hybridized carbons (Fsp3) is 0.208. The molecule has 1 saturated heterocycles. The molecule has 0 spiro atoms. The number of carbonyl (C=O) groups excluding carboxylic acids is 2. The number of ether oxygens (including phenoxy) is 1. The van der Waals surface area contributed by atoms with Crippen LogP contribution < -0.4 is 5.32 Å². The zero-order valence-electron chi connectivity index (χ0n) is 17.2. The zero-order chi connectivity index (χ0) is 21.6. The Morgan fingerprint density at radius 1 is 1.06 bits per heavy atom. The quantitative estimate of drug-likeness (QED) is 0.598. The molecule has 158 valence electrons. The van der Waals surface area contributed by atoms with Crippen LogP contribution in [-0.2, 0) is 14.3 Å². The summed E-state index contributed by atoms with van der Waals surface area (Å²) in [5, 5.41) is 5.16. The van der Waals surface area contributed by atoms with E-state index >= 15 is 0 Å². The Morgan fingerprint density at radius 2 is 1.81 bits per heavy atom. The highest BCUT2D eigenvalue weighted by atomic mass is 32.2. The maximum absolute atomic E-state index is 13.0. The summed E-state index contributed by atoms with van der Waals surface area (Å²) in [6, 6.07) is 23.2. The molecule has 1 N–H and O–H groups in total. The van der Waals surface area contributed by atoms with E-state index in [1.165, 1.54) is 11.8 Å². The minimum Gasteiger partial charge on any atom is -0.383 e. The van der Waals surface area contributed by atoms with Crippen molar-refractivity contribution in [3.05, 3.63) is 72.8 Å². The number of hydrogen-bond donors (Lipinski definition) is 1. The van der Waals surface area contributed by atoms with E-state index in [2.05, 4.69) is 10.3 Å². The molecule has 1 aliphatic rings. The number of thioether (sulfide) groups is 1. The van der Waals surface area contributed by atoms with Crippen molar-refractivity contribution in [1.82, 2.24) is 4.90 Å². The first-order chi connectivity index (χ1) is 15.1. The number of aliphatic imine (C=N–C) groups is 1. The maximum atomic E-state index is 13.0. The van der Waals surface area contributed by atoms with E-state index in [1.54, 1.807) is 12.0 Å². The summed E-state index contributed by atoms with van der Waals surface area (Å²) >= 11 is 1.32. The molecule has 1 fully saturated rings. The van der Waals surface area contributed by atoms with Crippen LogP contribution in [0.3, 0.4) is 0 Å². The minimum absolute atomic E-state index is 0.0770. The lowest BCUT2D eigenvalue weighted by molar-refractivity contribution is -0.128. The monoisotopic (exact) mass is 433 g/mol. The van der Waals surface area contributed by atoms with E-state index in [4.69, 9.17) is 4.74 Å². The van der Waals surface area contributed by atoms with Crippen LogP contribution in [-0.4, -0.2) is 47.4 Å². The van der Waals surface area contributed by atoms with Gasteiger partial charge in [0.25, 0.3) is 0 Å². The SMILES string of the molecule is COCCN1C(=O)C(CC(=O)Nc2ccc3ccccc3c2)SC1=Nc1ccccc1. The van der Waals surface area contributed by atoms with E-state index < -0.39 is 5.25 Å². The maximum Gasteiger partial charge on any atom is 0.242 e. The Bertz CT molecular complexity index is 1120. The van der Waals surface area contributed by atoms with Crippen molar-refractivity contribution >= 4 is 50.9 Å². The number of methoxy groups -OCH3 is 1. The number of fused-ring (bicyclic) bond motifs is 1. The number of nitrogens with zero attached hydrogens (tertiary/aromatic N) is 2. The fourth-order valence-corrected chi connectivity index (χ4v) is 4.56. The highest BCUT2D eigenvalue weighted by molar-refractivity contribution is 8.15. The lowest BCUT2D eigenvalue weighted by Gasteiger charge is -2.15. The third kappa shape index (κ3) is 5.13. The second kappa shape index (κ2) is 9.76. The Kier molecular flexibility index (Phi) is 6.64. The van der Waals surface area contributed by atoms with Gasteiger partial charge in [-0.2, -0.15) is 0 Å². The zero-order valence-corrected chi connectivity index (χ0v) is 18.0. The summed E-state index contributed by atoms with van der Waals surface area (Å²) < 4.78 is 5.14. The van der Waals surface area contributed by atoms with E-state index in [-0.39, 0.29) is 18.2 Å². The lowest BCUT2D eigenvalue weighted by Crippen LogP contribution is -2.35. The second-order valence-electron chi connectivity index (χ2n) is 7.13. The van der Waals surface area contributed by atoms with Gasteiger partial charge in [0.15, 0.2) is 5.17 Å². The van der Waals surface area contributed by atoms with Gasteiger partial charge in [0, 0.05) is 19.2 Å². The van der Waals surface area contributed by atoms with E-state index in [9.17, 15) is 9.59 Å². The number of amides is 2. The molecule has 1 unspecified atom stereocenters. The van der Waals surface area contributed by atoms with Crippen molar-refractivity contribution in [3.8, 4) is 0 Å². The molecular formula is C24H23N3O3S. The number of amidine groups is 1. The Labute approximate surface area is 185 Å². The molecular weight excluding hydrogens is 410 g/mol. The highest BCUT2D eigenvalue weighted by Gasteiger charge is 2.39. The summed E-state index contributed by atoms with van der Waals surface area (Å²) in [6.45, 7) is 0.799. The average Bonchev–Trinajstić information content (AvgIpc) is 3.06. The van der Waals surface area contributed by atoms with Crippen molar-refractivity contribution in [1.29, 1.82) is 0 Å². The Morgan fingerprint density at radius 3 is 2.58 bits per heavy atom. The first kappa shape index (κ1) is 21.1. The topological polar surface area (TPSA) is 71.0 Å². The molecule has 7 heteroatoms. The molecule has 0 bridgehead atoms. The van der Waals surface area contributed by atoms with Gasteiger partial charge in [0.1, 0.15) is 5.25 Å². The lowest BCUT2D eigenvalue weighted by atomic mass is 10.1. The number of carbonyl (C=O) groups is 2. The molecule has 0 aromatic heterocycles. The summed E-state index contributed by atoms with van der Waals surface area (Å²) in [5.41, 5.74) is 1.48. The van der Waals surface area contributed by atoms with Crippen LogP contribution in [0.4, 0.5) is 11.4 Å². The van der Waals surface area contributed by atoms with Gasteiger partial charge in [-0.15, -0.1) is 0 Å². The minimum atomic E-state index is -0.514. The summed E-state index contributed by atoms with van der Waals surface area (Å²) in [5.74, 6) is -0.320. The van der Waals surface area contributed by atoms with Crippen molar-refractivity contribution in [2.45, 2.75) is 11.7 Å². The smallest absolute Gasteiger partial charge is 0.242 e. The van der Waals surface area contributed by atoms with Crippen molar-refractivity contribution in [3.63, 3.8) is 0 Å². The summed E-state index contributed by atoms with van der Waals surface area (Å²) in [7, 11) is 1.59. The van der Waals surface area contributed by atoms with Gasteiger partial charge in [-0.3, -0.25) is 14.5 Å². The molecule has 2 amide bonds. The standard InChI is InChI=1S/C24H23N3O3S/c1-30-14-13-27-23(29)21(31-24(27)26-19-9-3-2-4-10-19)16-22(28)25-20-12-11-17-7-5-6-8-18(17)15-20/h2-12,15,21H,13-14,16H2,1H3,(H,25,28). The van der Waals surface area contributed by atoms with Gasteiger partial charge in [0.05, 0.1) is 18.8 Å². The molecule has 1 atom stereocenters. The van der Waals surface area contributed by atoms with Crippen LogP contribution in [0.25, 0.3) is 10.8 Å². The number of rotatable bonds is 7. The molecule has 0 radical (unpaired) electrons. The van der Waals surface area contributed by atoms with Gasteiger partial charge in [-0.05, 0) is 35.0 Å². The van der Waals surface area contributed by atoms with Gasteiger partial charge in [-0.1, -0.05) is 60.3 Å². The van der Waals surface area contributed by atoms with Gasteiger partial charge < -0.3 is 10.1 Å². The molecule has 4 rings (SSSR count). The molecule has 0 saturated carbocycles. The first-order valence-corrected chi connectivity index (χ1v) is 10.9. The fourth-order valence-electron chi connectivity index (χ4n) is 3.37. The average molecular weight is 434 g/mol. The van der Waals surface area contributed by atoms with Crippen molar-refractivity contribution < 1.29 is 14.3 Å². The normalized spacial score (nSPS) is 17.5. The predicted octanol–water partition coefficient (Wildman–Crippen LogP) is 4.45. The van der Waals surface area contributed by atoms with Crippen LogP contribution in [0.15, 0.2) is 77.8 Å². The van der Waals surface area contributed by atoms with E-state index in [0.29, 0.717) is 24.0 Å².